The highest BCUT2D eigenvalue weighted by Gasteiger charge is 2.35. The minimum atomic E-state index is -0.497. The van der Waals surface area contributed by atoms with Crippen molar-refractivity contribution in [3.63, 3.8) is 0 Å². The van der Waals surface area contributed by atoms with Crippen LogP contribution >= 0.6 is 11.6 Å². The zero-order valence-corrected chi connectivity index (χ0v) is 14.5. The lowest BCUT2D eigenvalue weighted by Crippen LogP contribution is -2.57. The van der Waals surface area contributed by atoms with Gasteiger partial charge in [-0.3, -0.25) is 9.59 Å². The predicted octanol–water partition coefficient (Wildman–Crippen LogP) is 3.53. The van der Waals surface area contributed by atoms with Crippen LogP contribution in [0.1, 0.15) is 22.8 Å². The first-order valence-electron chi connectivity index (χ1n) is 7.92. The van der Waals surface area contributed by atoms with Crippen LogP contribution in [0, 0.1) is 6.92 Å². The van der Waals surface area contributed by atoms with Crippen LogP contribution in [0.5, 0.6) is 0 Å². The first-order chi connectivity index (χ1) is 11.5. The van der Waals surface area contributed by atoms with Gasteiger partial charge in [0, 0.05) is 29.4 Å². The molecule has 1 aliphatic heterocycles. The molecular weight excluding hydrogens is 324 g/mol. The van der Waals surface area contributed by atoms with Crippen molar-refractivity contribution in [3.05, 3.63) is 64.7 Å². The molecule has 0 N–H and O–H groups in total. The molecule has 0 unspecified atom stereocenters. The highest BCUT2D eigenvalue weighted by Crippen LogP contribution is 2.23. The van der Waals surface area contributed by atoms with Crippen LogP contribution in [0.25, 0.3) is 0 Å². The number of carbonyl (C=O) groups excluding carboxylic acids is 2. The highest BCUT2D eigenvalue weighted by atomic mass is 35.5. The number of hydrogen-bond acceptors (Lipinski definition) is 2. The van der Waals surface area contributed by atoms with E-state index in [0.717, 1.165) is 11.3 Å². The quantitative estimate of drug-likeness (QED) is 0.837. The van der Waals surface area contributed by atoms with Crippen LogP contribution in [0.3, 0.4) is 0 Å². The lowest BCUT2D eigenvalue weighted by Gasteiger charge is -2.39. The summed E-state index contributed by atoms with van der Waals surface area (Å²) in [6.07, 6.45) is 0. The van der Waals surface area contributed by atoms with E-state index in [0.29, 0.717) is 23.7 Å². The molecule has 1 fully saturated rings. The van der Waals surface area contributed by atoms with Crippen LogP contribution in [0.2, 0.25) is 5.02 Å². The number of halogens is 1. The Bertz CT molecular complexity index is 756. The number of amides is 2. The fourth-order valence-corrected chi connectivity index (χ4v) is 3.01. The average Bonchev–Trinajstić information content (AvgIpc) is 2.58. The lowest BCUT2D eigenvalue weighted by atomic mass is 10.1. The average molecular weight is 343 g/mol. The van der Waals surface area contributed by atoms with Crippen LogP contribution < -0.4 is 4.90 Å². The SMILES string of the molecule is Cc1ccc(C(=O)N2CCN(c3ccc(Cl)cc3)C(=O)[C@@H]2C)cc1. The van der Waals surface area contributed by atoms with Gasteiger partial charge in [0.05, 0.1) is 0 Å². The molecule has 24 heavy (non-hydrogen) atoms. The zero-order valence-electron chi connectivity index (χ0n) is 13.7. The molecule has 0 radical (unpaired) electrons. The van der Waals surface area contributed by atoms with Gasteiger partial charge in [-0.2, -0.15) is 0 Å². The predicted molar refractivity (Wildman–Crippen MR) is 95.5 cm³/mol. The Labute approximate surface area is 146 Å². The number of hydrogen-bond donors (Lipinski definition) is 0. The van der Waals surface area contributed by atoms with Crippen molar-refractivity contribution in [2.24, 2.45) is 0 Å². The molecule has 4 nitrogen and oxygen atoms in total. The maximum absolute atomic E-state index is 12.7. The molecule has 1 aliphatic rings. The fourth-order valence-electron chi connectivity index (χ4n) is 2.89. The number of aryl methyl sites for hydroxylation is 1. The normalized spacial score (nSPS) is 18.0. The van der Waals surface area contributed by atoms with Gasteiger partial charge in [0.2, 0.25) is 5.91 Å². The Morgan fingerprint density at radius 1 is 1.04 bits per heavy atom. The van der Waals surface area contributed by atoms with Gasteiger partial charge in [0.25, 0.3) is 5.91 Å². The molecule has 2 amide bonds. The van der Waals surface area contributed by atoms with Gasteiger partial charge in [-0.05, 0) is 50.2 Å². The summed E-state index contributed by atoms with van der Waals surface area (Å²) in [5.74, 6) is -0.185. The summed E-state index contributed by atoms with van der Waals surface area (Å²) in [6, 6.07) is 14.1. The molecule has 124 valence electrons. The van der Waals surface area contributed by atoms with E-state index in [9.17, 15) is 9.59 Å². The monoisotopic (exact) mass is 342 g/mol. The third kappa shape index (κ3) is 3.15. The molecule has 0 aliphatic carbocycles. The number of nitrogens with zero attached hydrogens (tertiary/aromatic N) is 2. The van der Waals surface area contributed by atoms with Crippen molar-refractivity contribution in [1.29, 1.82) is 0 Å². The van der Waals surface area contributed by atoms with Gasteiger partial charge in [0.15, 0.2) is 0 Å². The summed E-state index contributed by atoms with van der Waals surface area (Å²) < 4.78 is 0. The molecule has 3 rings (SSSR count). The van der Waals surface area contributed by atoms with Gasteiger partial charge >= 0.3 is 0 Å². The molecule has 1 saturated heterocycles. The van der Waals surface area contributed by atoms with Gasteiger partial charge in [-0.1, -0.05) is 29.3 Å². The number of carbonyl (C=O) groups is 2. The molecule has 0 bridgehead atoms. The topological polar surface area (TPSA) is 40.6 Å². The van der Waals surface area contributed by atoms with Crippen LogP contribution in [0.4, 0.5) is 5.69 Å². The van der Waals surface area contributed by atoms with Crippen molar-refractivity contribution in [1.82, 2.24) is 4.90 Å². The van der Waals surface area contributed by atoms with Crippen LogP contribution in [-0.4, -0.2) is 35.8 Å². The summed E-state index contributed by atoms with van der Waals surface area (Å²) in [7, 11) is 0. The Morgan fingerprint density at radius 3 is 2.29 bits per heavy atom. The van der Waals surface area contributed by atoms with Gasteiger partial charge in [-0.15, -0.1) is 0 Å². The highest BCUT2D eigenvalue weighted by molar-refractivity contribution is 6.30. The lowest BCUT2D eigenvalue weighted by molar-refractivity contribution is -0.124. The van der Waals surface area contributed by atoms with Crippen molar-refractivity contribution in [2.75, 3.05) is 18.0 Å². The van der Waals surface area contributed by atoms with Gasteiger partial charge < -0.3 is 9.80 Å². The third-order valence-electron chi connectivity index (χ3n) is 4.35. The van der Waals surface area contributed by atoms with E-state index in [2.05, 4.69) is 0 Å². The Morgan fingerprint density at radius 2 is 1.67 bits per heavy atom. The van der Waals surface area contributed by atoms with Gasteiger partial charge in [-0.25, -0.2) is 0 Å². The molecular formula is C19H19ClN2O2. The number of anilines is 1. The molecule has 0 spiro atoms. The molecule has 0 saturated carbocycles. The summed E-state index contributed by atoms with van der Waals surface area (Å²) in [5, 5.41) is 0.632. The summed E-state index contributed by atoms with van der Waals surface area (Å²) in [6.45, 7) is 4.73. The Hall–Kier alpha value is -2.33. The van der Waals surface area contributed by atoms with Crippen molar-refractivity contribution in [2.45, 2.75) is 19.9 Å². The zero-order chi connectivity index (χ0) is 17.3. The van der Waals surface area contributed by atoms with Crippen molar-refractivity contribution < 1.29 is 9.59 Å². The van der Waals surface area contributed by atoms with Crippen LogP contribution in [0.15, 0.2) is 48.5 Å². The summed E-state index contributed by atoms with van der Waals surface area (Å²) in [4.78, 5) is 28.7. The van der Waals surface area contributed by atoms with E-state index >= 15 is 0 Å². The largest absolute Gasteiger partial charge is 0.325 e. The Balaban J connectivity index is 1.78. The van der Waals surface area contributed by atoms with Gasteiger partial charge in [0.1, 0.15) is 6.04 Å². The molecule has 0 aromatic heterocycles. The minimum Gasteiger partial charge on any atom is -0.325 e. The smallest absolute Gasteiger partial charge is 0.254 e. The molecule has 1 atom stereocenters. The second kappa shape index (κ2) is 6.65. The van der Waals surface area contributed by atoms with Crippen LogP contribution in [-0.2, 0) is 4.79 Å². The maximum Gasteiger partial charge on any atom is 0.254 e. The van der Waals surface area contributed by atoms with E-state index in [1.165, 1.54) is 0 Å². The first kappa shape index (κ1) is 16.5. The molecule has 5 heteroatoms. The Kier molecular flexibility index (Phi) is 4.58. The maximum atomic E-state index is 12.7. The molecule has 2 aromatic carbocycles. The second-order valence-corrected chi connectivity index (χ2v) is 6.44. The number of piperazine rings is 1. The number of benzene rings is 2. The fraction of sp³-hybridized carbons (Fsp3) is 0.263. The number of rotatable bonds is 2. The molecule has 1 heterocycles. The summed E-state index contributed by atoms with van der Waals surface area (Å²) >= 11 is 5.90. The molecule has 2 aromatic rings. The van der Waals surface area contributed by atoms with E-state index in [-0.39, 0.29) is 11.8 Å². The first-order valence-corrected chi connectivity index (χ1v) is 8.30. The summed E-state index contributed by atoms with van der Waals surface area (Å²) in [5.41, 5.74) is 2.52. The van der Waals surface area contributed by atoms with Crippen molar-refractivity contribution >= 4 is 29.1 Å². The van der Waals surface area contributed by atoms with Crippen molar-refractivity contribution in [3.8, 4) is 0 Å². The van der Waals surface area contributed by atoms with E-state index in [1.807, 2.05) is 31.2 Å². The minimum absolute atomic E-state index is 0.0796. The van der Waals surface area contributed by atoms with E-state index in [4.69, 9.17) is 11.6 Å². The van der Waals surface area contributed by atoms with E-state index < -0.39 is 6.04 Å². The standard InChI is InChI=1S/C19H19ClN2O2/c1-13-3-5-15(6-4-13)19(24)21-11-12-22(18(23)14(21)2)17-9-7-16(20)8-10-17/h3-10,14H,11-12H2,1-2H3/t14-/m0/s1. The van der Waals surface area contributed by atoms with E-state index in [1.54, 1.807) is 41.0 Å². The third-order valence-corrected chi connectivity index (χ3v) is 4.61. The second-order valence-electron chi connectivity index (χ2n) is 6.01.